The van der Waals surface area contributed by atoms with Crippen LogP contribution in [0, 0.1) is 12.8 Å². The van der Waals surface area contributed by atoms with Crippen molar-refractivity contribution < 1.29 is 0 Å². The fourth-order valence-corrected chi connectivity index (χ4v) is 4.35. The van der Waals surface area contributed by atoms with Gasteiger partial charge < -0.3 is 9.47 Å². The summed E-state index contributed by atoms with van der Waals surface area (Å²) in [4.78, 5) is 33.5. The maximum Gasteiger partial charge on any atom is 0.332 e. The highest BCUT2D eigenvalue weighted by molar-refractivity contribution is 5.77. The molecule has 0 bridgehead atoms. The second kappa shape index (κ2) is 7.27. The van der Waals surface area contributed by atoms with Crippen LogP contribution in [0.2, 0.25) is 0 Å². The van der Waals surface area contributed by atoms with Crippen molar-refractivity contribution in [1.29, 1.82) is 0 Å². The largest absolute Gasteiger partial charge is 0.332 e. The van der Waals surface area contributed by atoms with Gasteiger partial charge in [-0.2, -0.15) is 4.98 Å². The van der Waals surface area contributed by atoms with Crippen molar-refractivity contribution >= 4 is 22.8 Å². The van der Waals surface area contributed by atoms with Gasteiger partial charge in [0.25, 0.3) is 5.56 Å². The van der Waals surface area contributed by atoms with Gasteiger partial charge in [-0.1, -0.05) is 55.0 Å². The van der Waals surface area contributed by atoms with Crippen LogP contribution in [0.4, 0.5) is 11.6 Å². The molecule has 0 N–H and O–H groups in total. The number of fused-ring (bicyclic) bond motifs is 3. The average Bonchev–Trinajstić information content (AvgIpc) is 3.16. The fraction of sp³-hybridized carbons (Fsp3) is 0.292. The smallest absolute Gasteiger partial charge is 0.312 e. The molecule has 7 heteroatoms. The molecule has 2 aromatic heterocycles. The van der Waals surface area contributed by atoms with E-state index in [1.807, 2.05) is 66.1 Å². The minimum atomic E-state index is -0.354. The maximum atomic E-state index is 13.5. The van der Waals surface area contributed by atoms with E-state index in [4.69, 9.17) is 4.98 Å². The molecule has 0 fully saturated rings. The summed E-state index contributed by atoms with van der Waals surface area (Å²) in [5.41, 5.74) is 3.35. The Morgan fingerprint density at radius 1 is 1.00 bits per heavy atom. The van der Waals surface area contributed by atoms with E-state index in [1.54, 1.807) is 7.05 Å². The summed E-state index contributed by atoms with van der Waals surface area (Å²) in [7, 11) is 1.69. The molecule has 158 valence electrons. The van der Waals surface area contributed by atoms with E-state index in [1.165, 1.54) is 9.13 Å². The number of rotatable bonds is 3. The second-order valence-electron chi connectivity index (χ2n) is 8.46. The highest BCUT2D eigenvalue weighted by atomic mass is 16.2. The molecule has 0 aliphatic carbocycles. The fourth-order valence-electron chi connectivity index (χ4n) is 4.35. The monoisotopic (exact) mass is 415 g/mol. The summed E-state index contributed by atoms with van der Waals surface area (Å²) in [6.45, 7) is 5.91. The van der Waals surface area contributed by atoms with E-state index in [0.717, 1.165) is 23.4 Å². The van der Waals surface area contributed by atoms with Gasteiger partial charge in [0.05, 0.1) is 6.54 Å². The average molecular weight is 415 g/mol. The number of hydrogen-bond donors (Lipinski definition) is 0. The molecule has 31 heavy (non-hydrogen) atoms. The zero-order valence-electron chi connectivity index (χ0n) is 17.9. The first kappa shape index (κ1) is 19.4. The molecule has 0 saturated heterocycles. The molecule has 0 unspecified atom stereocenters. The Morgan fingerprint density at radius 3 is 2.42 bits per heavy atom. The quantitative estimate of drug-likeness (QED) is 0.516. The van der Waals surface area contributed by atoms with Crippen LogP contribution in [0.5, 0.6) is 0 Å². The van der Waals surface area contributed by atoms with E-state index in [-0.39, 0.29) is 17.8 Å². The Hall–Kier alpha value is -3.61. The Kier molecular flexibility index (Phi) is 4.54. The molecular weight excluding hydrogens is 390 g/mol. The summed E-state index contributed by atoms with van der Waals surface area (Å²) in [6, 6.07) is 17.9. The summed E-state index contributed by atoms with van der Waals surface area (Å²) < 4.78 is 4.78. The minimum absolute atomic E-state index is 0.236. The number of hydrogen-bond acceptors (Lipinski definition) is 4. The number of aromatic nitrogens is 4. The number of benzene rings is 2. The van der Waals surface area contributed by atoms with Gasteiger partial charge >= 0.3 is 5.69 Å². The van der Waals surface area contributed by atoms with Crippen molar-refractivity contribution in [3.05, 3.63) is 86.6 Å². The molecule has 3 heterocycles. The summed E-state index contributed by atoms with van der Waals surface area (Å²) in [6.07, 6.45) is 0. The van der Waals surface area contributed by atoms with E-state index < -0.39 is 0 Å². The third kappa shape index (κ3) is 3.17. The first-order valence-electron chi connectivity index (χ1n) is 10.5. The van der Waals surface area contributed by atoms with E-state index in [2.05, 4.69) is 11.8 Å². The van der Waals surface area contributed by atoms with Gasteiger partial charge in [-0.05, 0) is 30.5 Å². The van der Waals surface area contributed by atoms with Crippen LogP contribution >= 0.6 is 0 Å². The molecule has 7 nitrogen and oxygen atoms in total. The van der Waals surface area contributed by atoms with Gasteiger partial charge in [0.15, 0.2) is 11.2 Å². The summed E-state index contributed by atoms with van der Waals surface area (Å²) >= 11 is 0. The molecule has 0 radical (unpaired) electrons. The van der Waals surface area contributed by atoms with E-state index in [0.29, 0.717) is 29.6 Å². The van der Waals surface area contributed by atoms with Gasteiger partial charge in [0.2, 0.25) is 5.95 Å². The van der Waals surface area contributed by atoms with Gasteiger partial charge in [-0.3, -0.25) is 13.9 Å². The maximum absolute atomic E-state index is 13.5. The van der Waals surface area contributed by atoms with Crippen molar-refractivity contribution in [3.8, 4) is 0 Å². The highest BCUT2D eigenvalue weighted by Gasteiger charge is 2.29. The zero-order chi connectivity index (χ0) is 21.7. The molecule has 0 saturated carbocycles. The van der Waals surface area contributed by atoms with Gasteiger partial charge in [-0.25, -0.2) is 4.79 Å². The lowest BCUT2D eigenvalue weighted by atomic mass is 10.1. The minimum Gasteiger partial charge on any atom is -0.312 e. The van der Waals surface area contributed by atoms with Gasteiger partial charge in [-0.15, -0.1) is 0 Å². The molecule has 2 aromatic carbocycles. The molecule has 4 aromatic rings. The first-order valence-corrected chi connectivity index (χ1v) is 10.5. The summed E-state index contributed by atoms with van der Waals surface area (Å²) in [5, 5.41) is 0. The Bertz CT molecular complexity index is 1380. The second-order valence-corrected chi connectivity index (χ2v) is 8.46. The molecule has 1 aliphatic heterocycles. The van der Waals surface area contributed by atoms with Gasteiger partial charge in [0.1, 0.15) is 0 Å². The third-order valence-corrected chi connectivity index (χ3v) is 5.97. The molecule has 1 atom stereocenters. The number of nitrogens with zero attached hydrogens (tertiary/aromatic N) is 5. The lowest BCUT2D eigenvalue weighted by Gasteiger charge is -2.32. The van der Waals surface area contributed by atoms with Crippen LogP contribution in [0.3, 0.4) is 0 Å². The van der Waals surface area contributed by atoms with Crippen LogP contribution in [-0.2, 0) is 20.1 Å². The number of imidazole rings is 1. The molecule has 0 spiro atoms. The lowest BCUT2D eigenvalue weighted by molar-refractivity contribution is 0.458. The molecule has 0 amide bonds. The van der Waals surface area contributed by atoms with E-state index in [9.17, 15) is 9.59 Å². The molecule has 1 aliphatic rings. The Labute approximate surface area is 179 Å². The standard InChI is InChI=1S/C24H25N5O2/c1-16-9-11-18(12-10-16)15-29-22(30)20-21(26(3)24(29)31)25-23-27(13-17(2)14-28(20)23)19-7-5-4-6-8-19/h4-12,17H,13-15H2,1-3H3/t17-/m1/s1. The van der Waals surface area contributed by atoms with Crippen molar-refractivity contribution in [2.45, 2.75) is 26.9 Å². The molecular formula is C24H25N5O2. The van der Waals surface area contributed by atoms with E-state index >= 15 is 0 Å². The normalized spacial score (nSPS) is 16.0. The number of anilines is 2. The Morgan fingerprint density at radius 2 is 1.71 bits per heavy atom. The van der Waals surface area contributed by atoms with Crippen LogP contribution in [0.15, 0.2) is 64.2 Å². The zero-order valence-corrected chi connectivity index (χ0v) is 17.9. The predicted octanol–water partition coefficient (Wildman–Crippen LogP) is 3.04. The van der Waals surface area contributed by atoms with Crippen molar-refractivity contribution in [1.82, 2.24) is 18.7 Å². The number of para-hydroxylation sites is 1. The van der Waals surface area contributed by atoms with Crippen molar-refractivity contribution in [3.63, 3.8) is 0 Å². The van der Waals surface area contributed by atoms with Crippen LogP contribution in [-0.4, -0.2) is 25.2 Å². The van der Waals surface area contributed by atoms with Crippen LogP contribution in [0.25, 0.3) is 11.2 Å². The van der Waals surface area contributed by atoms with Crippen molar-refractivity contribution in [2.24, 2.45) is 13.0 Å². The Balaban J connectivity index is 1.72. The lowest BCUT2D eigenvalue weighted by Crippen LogP contribution is -2.40. The molecule has 5 rings (SSSR count). The SMILES string of the molecule is Cc1ccc(Cn2c(=O)c3c(nc4n3C[C@H](C)CN4c3ccccc3)n(C)c2=O)cc1. The van der Waals surface area contributed by atoms with Crippen molar-refractivity contribution in [2.75, 3.05) is 11.4 Å². The van der Waals surface area contributed by atoms with Crippen LogP contribution in [0.1, 0.15) is 18.1 Å². The summed E-state index contributed by atoms with van der Waals surface area (Å²) in [5.74, 6) is 1.03. The third-order valence-electron chi connectivity index (χ3n) is 5.97. The number of aryl methyl sites for hydroxylation is 2. The van der Waals surface area contributed by atoms with Gasteiger partial charge in [0, 0.05) is 25.8 Å². The van der Waals surface area contributed by atoms with Crippen LogP contribution < -0.4 is 16.1 Å². The first-order chi connectivity index (χ1) is 14.9. The highest BCUT2D eigenvalue weighted by Crippen LogP contribution is 2.32. The predicted molar refractivity (Wildman–Crippen MR) is 122 cm³/mol. The topological polar surface area (TPSA) is 65.1 Å².